The molecule has 0 aromatic rings. The zero-order valence-corrected chi connectivity index (χ0v) is 8.92. The topological polar surface area (TPSA) is 64.5 Å². The van der Waals surface area contributed by atoms with E-state index >= 15 is 0 Å². The Morgan fingerprint density at radius 1 is 1.21 bits per heavy atom. The predicted molar refractivity (Wildman–Crippen MR) is 58.0 cm³/mol. The maximum atomic E-state index is 8.75. The molecule has 0 radical (unpaired) electrons. The van der Waals surface area contributed by atoms with Gasteiger partial charge in [0.05, 0.1) is 18.9 Å². The lowest BCUT2D eigenvalue weighted by Gasteiger charge is -2.34. The van der Waals surface area contributed by atoms with Crippen LogP contribution in [0.25, 0.3) is 0 Å². The maximum absolute atomic E-state index is 8.75. The summed E-state index contributed by atoms with van der Waals surface area (Å²) in [4.78, 5) is 0. The number of nitrogens with one attached hydrogen (secondary N) is 2. The van der Waals surface area contributed by atoms with Crippen LogP contribution in [-0.4, -0.2) is 42.2 Å². The quantitative estimate of drug-likeness (QED) is 0.310. The van der Waals surface area contributed by atoms with Gasteiger partial charge in [-0.1, -0.05) is 13.0 Å². The van der Waals surface area contributed by atoms with Gasteiger partial charge in [0.15, 0.2) is 0 Å². The van der Waals surface area contributed by atoms with Crippen LogP contribution in [0, 0.1) is 0 Å². The van der Waals surface area contributed by atoms with Gasteiger partial charge < -0.3 is 10.2 Å². The second-order valence-corrected chi connectivity index (χ2v) is 3.23. The summed E-state index contributed by atoms with van der Waals surface area (Å²) in [7, 11) is 0. The lowest BCUT2D eigenvalue weighted by molar-refractivity contribution is 0.194. The molecule has 0 aromatic carbocycles. The molecular formula is C10H22N2O2. The third kappa shape index (κ3) is 4.72. The van der Waals surface area contributed by atoms with Gasteiger partial charge in [-0.3, -0.25) is 10.6 Å². The van der Waals surface area contributed by atoms with Crippen LogP contribution in [-0.2, 0) is 0 Å². The minimum absolute atomic E-state index is 0.111. The molecule has 0 aliphatic heterocycles. The van der Waals surface area contributed by atoms with E-state index in [0.29, 0.717) is 13.1 Å². The summed E-state index contributed by atoms with van der Waals surface area (Å²) in [5.74, 6) is 0. The van der Waals surface area contributed by atoms with Crippen molar-refractivity contribution in [1.82, 2.24) is 10.6 Å². The van der Waals surface area contributed by atoms with Crippen LogP contribution in [0.3, 0.4) is 0 Å². The van der Waals surface area contributed by atoms with Crippen LogP contribution in [0.15, 0.2) is 12.7 Å². The van der Waals surface area contributed by atoms with Crippen LogP contribution in [0.4, 0.5) is 0 Å². The maximum Gasteiger partial charge on any atom is 0.0721 e. The number of hydrogen-bond acceptors (Lipinski definition) is 4. The first kappa shape index (κ1) is 13.6. The second kappa shape index (κ2) is 7.94. The summed E-state index contributed by atoms with van der Waals surface area (Å²) in [6, 6.07) is 0. The number of rotatable bonds is 9. The van der Waals surface area contributed by atoms with Gasteiger partial charge in [-0.2, -0.15) is 0 Å². The highest BCUT2D eigenvalue weighted by Gasteiger charge is 2.24. The fourth-order valence-corrected chi connectivity index (χ4v) is 1.44. The van der Waals surface area contributed by atoms with Crippen molar-refractivity contribution in [2.75, 3.05) is 26.3 Å². The van der Waals surface area contributed by atoms with Gasteiger partial charge in [0, 0.05) is 13.1 Å². The Morgan fingerprint density at radius 2 is 1.71 bits per heavy atom. The molecule has 14 heavy (non-hydrogen) atoms. The van der Waals surface area contributed by atoms with Crippen LogP contribution in [0.2, 0.25) is 0 Å². The van der Waals surface area contributed by atoms with Crippen molar-refractivity contribution in [3.05, 3.63) is 12.7 Å². The van der Waals surface area contributed by atoms with Crippen molar-refractivity contribution in [2.45, 2.75) is 25.4 Å². The van der Waals surface area contributed by atoms with Gasteiger partial charge in [-0.25, -0.2) is 0 Å². The molecule has 0 heterocycles. The average molecular weight is 202 g/mol. The van der Waals surface area contributed by atoms with E-state index in [9.17, 15) is 0 Å². The van der Waals surface area contributed by atoms with Crippen LogP contribution >= 0.6 is 0 Å². The lowest BCUT2D eigenvalue weighted by Crippen LogP contribution is -2.57. The molecule has 0 saturated heterocycles. The minimum Gasteiger partial charge on any atom is -0.395 e. The molecule has 0 aliphatic carbocycles. The Bertz CT molecular complexity index is 143. The normalized spacial score (nSPS) is 11.6. The predicted octanol–water partition coefficient (Wildman–Crippen LogP) is -0.167. The third-order valence-electron chi connectivity index (χ3n) is 2.25. The first-order valence-corrected chi connectivity index (χ1v) is 5.07. The SMILES string of the molecule is C=CCC(CC)(NCCO)NCCO. The standard InChI is InChI=1S/C10H22N2O2/c1-3-5-10(4-2,11-6-8-13)12-7-9-14/h3,11-14H,1,4-9H2,2H3. The molecule has 0 saturated carbocycles. The summed E-state index contributed by atoms with van der Waals surface area (Å²) >= 11 is 0. The van der Waals surface area contributed by atoms with E-state index in [-0.39, 0.29) is 18.9 Å². The highest BCUT2D eigenvalue weighted by atomic mass is 16.3. The summed E-state index contributed by atoms with van der Waals surface area (Å²) in [6.07, 6.45) is 3.47. The smallest absolute Gasteiger partial charge is 0.0721 e. The minimum atomic E-state index is -0.243. The summed E-state index contributed by atoms with van der Waals surface area (Å²) in [6.45, 7) is 7.06. The summed E-state index contributed by atoms with van der Waals surface area (Å²) < 4.78 is 0. The van der Waals surface area contributed by atoms with E-state index in [0.717, 1.165) is 12.8 Å². The molecule has 0 amide bonds. The number of aliphatic hydroxyl groups excluding tert-OH is 2. The van der Waals surface area contributed by atoms with E-state index < -0.39 is 0 Å². The molecule has 0 bridgehead atoms. The Labute approximate surface area is 86.0 Å². The molecule has 0 atom stereocenters. The van der Waals surface area contributed by atoms with Crippen LogP contribution in [0.5, 0.6) is 0 Å². The van der Waals surface area contributed by atoms with Crippen molar-refractivity contribution >= 4 is 0 Å². The van der Waals surface area contributed by atoms with Gasteiger partial charge in [0.25, 0.3) is 0 Å². The van der Waals surface area contributed by atoms with Gasteiger partial charge in [0.2, 0.25) is 0 Å². The molecule has 4 nitrogen and oxygen atoms in total. The number of aliphatic hydroxyl groups is 2. The first-order valence-electron chi connectivity index (χ1n) is 5.07. The average Bonchev–Trinajstić information content (AvgIpc) is 2.22. The Balaban J connectivity index is 4.17. The van der Waals surface area contributed by atoms with Crippen molar-refractivity contribution in [3.63, 3.8) is 0 Å². The highest BCUT2D eigenvalue weighted by Crippen LogP contribution is 2.11. The van der Waals surface area contributed by atoms with Crippen molar-refractivity contribution in [1.29, 1.82) is 0 Å². The van der Waals surface area contributed by atoms with Gasteiger partial charge >= 0.3 is 0 Å². The summed E-state index contributed by atoms with van der Waals surface area (Å²) in [5, 5.41) is 24.0. The van der Waals surface area contributed by atoms with E-state index in [1.807, 2.05) is 6.08 Å². The van der Waals surface area contributed by atoms with Crippen molar-refractivity contribution in [2.24, 2.45) is 0 Å². The molecular weight excluding hydrogens is 180 g/mol. The highest BCUT2D eigenvalue weighted by molar-refractivity contribution is 4.90. The van der Waals surface area contributed by atoms with Gasteiger partial charge in [-0.15, -0.1) is 6.58 Å². The van der Waals surface area contributed by atoms with E-state index in [1.165, 1.54) is 0 Å². The van der Waals surface area contributed by atoms with E-state index in [4.69, 9.17) is 10.2 Å². The fourth-order valence-electron chi connectivity index (χ4n) is 1.44. The zero-order valence-electron chi connectivity index (χ0n) is 8.92. The van der Waals surface area contributed by atoms with Crippen molar-refractivity contribution in [3.8, 4) is 0 Å². The Morgan fingerprint density at radius 3 is 2.00 bits per heavy atom. The number of hydrogen-bond donors (Lipinski definition) is 4. The largest absolute Gasteiger partial charge is 0.395 e. The Kier molecular flexibility index (Phi) is 7.70. The monoisotopic (exact) mass is 202 g/mol. The van der Waals surface area contributed by atoms with Crippen molar-refractivity contribution < 1.29 is 10.2 Å². The van der Waals surface area contributed by atoms with Gasteiger partial charge in [-0.05, 0) is 12.8 Å². The van der Waals surface area contributed by atoms with E-state index in [1.54, 1.807) is 0 Å². The Hall–Kier alpha value is -0.420. The molecule has 0 rings (SSSR count). The molecule has 0 unspecified atom stereocenters. The molecule has 4 heteroatoms. The zero-order chi connectivity index (χ0) is 10.9. The third-order valence-corrected chi connectivity index (χ3v) is 2.25. The first-order chi connectivity index (χ1) is 6.74. The second-order valence-electron chi connectivity index (χ2n) is 3.23. The van der Waals surface area contributed by atoms with Crippen LogP contribution in [0.1, 0.15) is 19.8 Å². The fraction of sp³-hybridized carbons (Fsp3) is 0.800. The van der Waals surface area contributed by atoms with E-state index in [2.05, 4.69) is 24.1 Å². The summed E-state index contributed by atoms with van der Waals surface area (Å²) in [5.41, 5.74) is -0.243. The molecule has 0 fully saturated rings. The van der Waals surface area contributed by atoms with Crippen LogP contribution < -0.4 is 10.6 Å². The molecule has 0 spiro atoms. The molecule has 0 aromatic heterocycles. The molecule has 4 N–H and O–H groups in total. The van der Waals surface area contributed by atoms with Gasteiger partial charge in [0.1, 0.15) is 0 Å². The molecule has 0 aliphatic rings. The lowest BCUT2D eigenvalue weighted by atomic mass is 10.0. The molecule has 84 valence electrons.